The zero-order chi connectivity index (χ0) is 19.1. The summed E-state index contributed by atoms with van der Waals surface area (Å²) in [7, 11) is -3.66. The Morgan fingerprint density at radius 3 is 2.73 bits per heavy atom. The second-order valence-corrected chi connectivity index (χ2v) is 10.9. The van der Waals surface area contributed by atoms with Gasteiger partial charge in [-0.25, -0.2) is 8.42 Å². The zero-order valence-corrected chi connectivity index (χ0v) is 17.1. The van der Waals surface area contributed by atoms with Gasteiger partial charge in [0.2, 0.25) is 11.8 Å². The predicted molar refractivity (Wildman–Crippen MR) is 99.6 cm³/mol. The van der Waals surface area contributed by atoms with Crippen LogP contribution >= 0.6 is 22.9 Å². The third kappa shape index (κ3) is 3.49. The maximum absolute atomic E-state index is 13.0. The van der Waals surface area contributed by atoms with Crippen molar-refractivity contribution in [3.63, 3.8) is 0 Å². The SMILES string of the molecule is CC1(C)C(=O)NCCN1C(=O)C1CCCN(S(=O)(=O)c2ccc(Cl)s2)C1. The van der Waals surface area contributed by atoms with Gasteiger partial charge >= 0.3 is 0 Å². The van der Waals surface area contributed by atoms with E-state index in [4.69, 9.17) is 11.6 Å². The number of thiophene rings is 1. The van der Waals surface area contributed by atoms with Gasteiger partial charge in [0, 0.05) is 26.2 Å². The van der Waals surface area contributed by atoms with E-state index in [1.165, 1.54) is 10.4 Å². The van der Waals surface area contributed by atoms with Gasteiger partial charge in [-0.15, -0.1) is 11.3 Å². The van der Waals surface area contributed by atoms with Crippen LogP contribution < -0.4 is 5.32 Å². The minimum Gasteiger partial charge on any atom is -0.352 e. The smallest absolute Gasteiger partial charge is 0.252 e. The summed E-state index contributed by atoms with van der Waals surface area (Å²) in [5, 5.41) is 2.77. The van der Waals surface area contributed by atoms with Crippen molar-refractivity contribution >= 4 is 44.8 Å². The lowest BCUT2D eigenvalue weighted by molar-refractivity contribution is -0.152. The van der Waals surface area contributed by atoms with Gasteiger partial charge < -0.3 is 10.2 Å². The molecule has 0 aliphatic carbocycles. The van der Waals surface area contributed by atoms with Crippen molar-refractivity contribution in [2.75, 3.05) is 26.2 Å². The van der Waals surface area contributed by atoms with Gasteiger partial charge in [0.25, 0.3) is 10.0 Å². The maximum Gasteiger partial charge on any atom is 0.252 e. The number of nitrogens with one attached hydrogen (secondary N) is 1. The molecular formula is C16H22ClN3O4S2. The van der Waals surface area contributed by atoms with Crippen LogP contribution in [0.3, 0.4) is 0 Å². The van der Waals surface area contributed by atoms with Crippen molar-refractivity contribution in [2.45, 2.75) is 36.4 Å². The van der Waals surface area contributed by atoms with Crippen LogP contribution in [-0.2, 0) is 19.6 Å². The first-order valence-electron chi connectivity index (χ1n) is 8.49. The number of piperidine rings is 1. The van der Waals surface area contributed by atoms with Crippen molar-refractivity contribution in [1.29, 1.82) is 0 Å². The van der Waals surface area contributed by atoms with Crippen molar-refractivity contribution in [3.8, 4) is 0 Å². The molecule has 144 valence electrons. The number of amides is 2. The number of carbonyl (C=O) groups excluding carboxylic acids is 2. The van der Waals surface area contributed by atoms with Crippen LogP contribution in [0.5, 0.6) is 0 Å². The van der Waals surface area contributed by atoms with Gasteiger partial charge in [0.1, 0.15) is 9.75 Å². The van der Waals surface area contributed by atoms with Crippen LogP contribution in [0.15, 0.2) is 16.3 Å². The van der Waals surface area contributed by atoms with E-state index >= 15 is 0 Å². The van der Waals surface area contributed by atoms with Crippen LogP contribution in [0.25, 0.3) is 0 Å². The molecule has 0 saturated carbocycles. The summed E-state index contributed by atoms with van der Waals surface area (Å²) in [6.45, 7) is 4.78. The lowest BCUT2D eigenvalue weighted by atomic mass is 9.92. The Labute approximate surface area is 162 Å². The Morgan fingerprint density at radius 1 is 1.35 bits per heavy atom. The zero-order valence-electron chi connectivity index (χ0n) is 14.7. The van der Waals surface area contributed by atoms with Crippen LogP contribution in [0.4, 0.5) is 0 Å². The normalized spacial score (nSPS) is 24.3. The van der Waals surface area contributed by atoms with Gasteiger partial charge in [-0.3, -0.25) is 9.59 Å². The average Bonchev–Trinajstić information content (AvgIpc) is 3.04. The fourth-order valence-electron chi connectivity index (χ4n) is 3.43. The number of piperazine rings is 1. The monoisotopic (exact) mass is 419 g/mol. The Balaban J connectivity index is 1.78. The van der Waals surface area contributed by atoms with Gasteiger partial charge in [-0.1, -0.05) is 11.6 Å². The molecule has 2 fully saturated rings. The molecule has 3 heterocycles. The molecule has 2 aliphatic heterocycles. The minimum atomic E-state index is -3.66. The quantitative estimate of drug-likeness (QED) is 0.805. The van der Waals surface area contributed by atoms with E-state index in [2.05, 4.69) is 5.32 Å². The van der Waals surface area contributed by atoms with Gasteiger partial charge in [0.05, 0.1) is 10.3 Å². The molecule has 1 aromatic heterocycles. The van der Waals surface area contributed by atoms with Gasteiger partial charge in [-0.05, 0) is 38.8 Å². The Morgan fingerprint density at radius 2 is 2.08 bits per heavy atom. The molecular weight excluding hydrogens is 398 g/mol. The van der Waals surface area contributed by atoms with Crippen LogP contribution in [-0.4, -0.2) is 61.2 Å². The first-order chi connectivity index (χ1) is 12.1. The highest BCUT2D eigenvalue weighted by Gasteiger charge is 2.44. The number of rotatable bonds is 3. The molecule has 0 bridgehead atoms. The first-order valence-corrected chi connectivity index (χ1v) is 11.1. The summed E-state index contributed by atoms with van der Waals surface area (Å²) in [6.07, 6.45) is 1.22. The second kappa shape index (κ2) is 7.10. The molecule has 0 radical (unpaired) electrons. The van der Waals surface area contributed by atoms with E-state index in [1.807, 2.05) is 0 Å². The van der Waals surface area contributed by atoms with Crippen molar-refractivity contribution < 1.29 is 18.0 Å². The van der Waals surface area contributed by atoms with Crippen LogP contribution in [0.2, 0.25) is 4.34 Å². The Kier molecular flexibility index (Phi) is 5.35. The molecule has 7 nitrogen and oxygen atoms in total. The number of carbonyl (C=O) groups is 2. The second-order valence-electron chi connectivity index (χ2n) is 7.07. The fourth-order valence-corrected chi connectivity index (χ4v) is 6.59. The van der Waals surface area contributed by atoms with Crippen molar-refractivity contribution in [2.24, 2.45) is 5.92 Å². The lowest BCUT2D eigenvalue weighted by Gasteiger charge is -2.44. The van der Waals surface area contributed by atoms with E-state index in [-0.39, 0.29) is 22.6 Å². The van der Waals surface area contributed by atoms with Crippen molar-refractivity contribution in [1.82, 2.24) is 14.5 Å². The maximum atomic E-state index is 13.0. The van der Waals surface area contributed by atoms with Gasteiger partial charge in [-0.2, -0.15) is 4.31 Å². The topological polar surface area (TPSA) is 86.8 Å². The standard InChI is InChI=1S/C16H22ClN3O4S2/c1-16(2)15(22)18-7-9-20(16)14(21)11-4-3-8-19(10-11)26(23,24)13-6-5-12(17)25-13/h5-6,11H,3-4,7-10H2,1-2H3,(H,18,22). The van der Waals surface area contributed by atoms with E-state index in [9.17, 15) is 18.0 Å². The lowest BCUT2D eigenvalue weighted by Crippen LogP contribution is -2.65. The molecule has 26 heavy (non-hydrogen) atoms. The highest BCUT2D eigenvalue weighted by atomic mass is 35.5. The molecule has 0 spiro atoms. The number of halogens is 1. The van der Waals surface area contributed by atoms with Crippen molar-refractivity contribution in [3.05, 3.63) is 16.5 Å². The van der Waals surface area contributed by atoms with Crippen LogP contribution in [0.1, 0.15) is 26.7 Å². The Hall–Kier alpha value is -1.16. The Bertz CT molecular complexity index is 821. The predicted octanol–water partition coefficient (Wildman–Crippen LogP) is 1.54. The largest absolute Gasteiger partial charge is 0.352 e. The molecule has 2 amide bonds. The highest BCUT2D eigenvalue weighted by molar-refractivity contribution is 7.91. The number of nitrogens with zero attached hydrogens (tertiary/aromatic N) is 2. The molecule has 1 aromatic rings. The number of hydrogen-bond donors (Lipinski definition) is 1. The van der Waals surface area contributed by atoms with E-state index < -0.39 is 21.5 Å². The molecule has 1 N–H and O–H groups in total. The highest BCUT2D eigenvalue weighted by Crippen LogP contribution is 2.32. The average molecular weight is 420 g/mol. The summed E-state index contributed by atoms with van der Waals surface area (Å²) in [5.41, 5.74) is -0.933. The van der Waals surface area contributed by atoms with E-state index in [0.29, 0.717) is 36.8 Å². The number of sulfonamides is 1. The summed E-state index contributed by atoms with van der Waals surface area (Å²) in [4.78, 5) is 26.7. The summed E-state index contributed by atoms with van der Waals surface area (Å²) >= 11 is 6.88. The molecule has 1 unspecified atom stereocenters. The molecule has 10 heteroatoms. The van der Waals surface area contributed by atoms with E-state index in [0.717, 1.165) is 11.3 Å². The molecule has 1 atom stereocenters. The van der Waals surface area contributed by atoms with E-state index in [1.54, 1.807) is 24.8 Å². The summed E-state index contributed by atoms with van der Waals surface area (Å²) < 4.78 is 27.6. The number of hydrogen-bond acceptors (Lipinski definition) is 5. The molecule has 2 aliphatic rings. The minimum absolute atomic E-state index is 0.130. The van der Waals surface area contributed by atoms with Crippen LogP contribution in [0, 0.1) is 5.92 Å². The first kappa shape index (κ1) is 19.6. The third-order valence-corrected chi connectivity index (χ3v) is 8.56. The molecule has 3 rings (SSSR count). The molecule has 2 saturated heterocycles. The third-order valence-electron chi connectivity index (χ3n) is 4.99. The summed E-state index contributed by atoms with van der Waals surface area (Å²) in [5.74, 6) is -0.793. The van der Waals surface area contributed by atoms with Gasteiger partial charge in [0.15, 0.2) is 0 Å². The molecule has 0 aromatic carbocycles. The summed E-state index contributed by atoms with van der Waals surface area (Å²) in [6, 6.07) is 3.05. The fraction of sp³-hybridized carbons (Fsp3) is 0.625.